The van der Waals surface area contributed by atoms with Gasteiger partial charge in [0.2, 0.25) is 0 Å². The Morgan fingerprint density at radius 2 is 1.86 bits per heavy atom. The topological polar surface area (TPSA) is 109 Å². The van der Waals surface area contributed by atoms with Crippen molar-refractivity contribution < 1.29 is 14.7 Å². The summed E-state index contributed by atoms with van der Waals surface area (Å²) in [6, 6.07) is 14.6. The van der Waals surface area contributed by atoms with E-state index in [0.29, 0.717) is 47.2 Å². The highest BCUT2D eigenvalue weighted by Crippen LogP contribution is 2.41. The van der Waals surface area contributed by atoms with Crippen LogP contribution in [0.5, 0.6) is 0 Å². The molecule has 0 radical (unpaired) electrons. The van der Waals surface area contributed by atoms with E-state index in [-0.39, 0.29) is 47.7 Å². The Balaban J connectivity index is 0.00000190. The first-order chi connectivity index (χ1) is 16.9. The van der Waals surface area contributed by atoms with E-state index >= 15 is 0 Å². The number of carbonyl (C=O) groups excluding carboxylic acids is 1. The summed E-state index contributed by atoms with van der Waals surface area (Å²) in [6.45, 7) is 1.16. The van der Waals surface area contributed by atoms with Crippen molar-refractivity contribution in [3.05, 3.63) is 82.1 Å². The van der Waals surface area contributed by atoms with Crippen molar-refractivity contribution in [1.29, 1.82) is 0 Å². The molecule has 1 aromatic heterocycles. The second-order valence-electron chi connectivity index (χ2n) is 9.41. The number of hydrogen-bond donors (Lipinski definition) is 2. The van der Waals surface area contributed by atoms with Crippen LogP contribution in [0.1, 0.15) is 57.7 Å². The van der Waals surface area contributed by atoms with Gasteiger partial charge in [-0.05, 0) is 55.5 Å². The van der Waals surface area contributed by atoms with Crippen LogP contribution >= 0.6 is 36.4 Å². The zero-order chi connectivity index (χ0) is 24.6. The lowest BCUT2D eigenvalue weighted by atomic mass is 9.68. The largest absolute Gasteiger partial charge is 0.478 e. The van der Waals surface area contributed by atoms with Gasteiger partial charge in [0.25, 0.3) is 5.91 Å². The molecular weight excluding hydrogens is 535 g/mol. The molecule has 2 heterocycles. The molecule has 5 rings (SSSR count). The molecule has 1 aliphatic carbocycles. The van der Waals surface area contributed by atoms with Gasteiger partial charge in [-0.1, -0.05) is 35.9 Å². The number of benzene rings is 2. The summed E-state index contributed by atoms with van der Waals surface area (Å²) in [7, 11) is 0. The number of nitrogens with zero attached hydrogens (tertiary/aromatic N) is 3. The molecule has 0 atom stereocenters. The molecule has 1 saturated carbocycles. The normalized spacial score (nSPS) is 20.9. The number of halogens is 3. The van der Waals surface area contributed by atoms with Gasteiger partial charge in [0.1, 0.15) is 0 Å². The number of carboxylic acids is 1. The molecule has 3 N–H and O–H groups in total. The molecule has 3 aromatic rings. The molecule has 0 bridgehead atoms. The van der Waals surface area contributed by atoms with E-state index in [2.05, 4.69) is 16.0 Å². The lowest BCUT2D eigenvalue weighted by Crippen LogP contribution is -2.49. The molecule has 1 aliphatic heterocycles. The number of aromatic carboxylic acids is 1. The van der Waals surface area contributed by atoms with Crippen molar-refractivity contribution >= 4 is 48.3 Å². The highest BCUT2D eigenvalue weighted by atomic mass is 35.5. The molecule has 196 valence electrons. The van der Waals surface area contributed by atoms with Crippen LogP contribution in [0.4, 0.5) is 0 Å². The van der Waals surface area contributed by atoms with Gasteiger partial charge in [0.15, 0.2) is 5.82 Å². The first-order valence-electron chi connectivity index (χ1n) is 11.9. The Morgan fingerprint density at radius 1 is 1.14 bits per heavy atom. The average molecular weight is 564 g/mol. The molecule has 2 aromatic carbocycles. The molecule has 0 unspecified atom stereocenters. The summed E-state index contributed by atoms with van der Waals surface area (Å²) in [5, 5.41) is 9.97. The molecule has 7 nitrogen and oxygen atoms in total. The molecule has 10 heteroatoms. The van der Waals surface area contributed by atoms with Gasteiger partial charge in [-0.15, -0.1) is 24.8 Å². The maximum atomic E-state index is 13.4. The van der Waals surface area contributed by atoms with E-state index in [1.807, 2.05) is 23.1 Å². The molecule has 1 fully saturated rings. The van der Waals surface area contributed by atoms with Crippen molar-refractivity contribution in [1.82, 2.24) is 14.9 Å². The smallest absolute Gasteiger partial charge is 0.335 e. The Kier molecular flexibility index (Phi) is 9.18. The summed E-state index contributed by atoms with van der Waals surface area (Å²) in [5.41, 5.74) is 9.35. The molecule has 37 heavy (non-hydrogen) atoms. The standard InChI is InChI=1S/C27H27ClN4O3.2ClH/c28-20-6-2-5-19(14-20)27(16-29)10-7-21(8-11-27)32-12-9-23-22(25(32)33)15-30-24(31-23)17-3-1-4-18(13-17)26(34)35;;/h1-6,13-15,21H,7-12,16,29H2,(H,34,35);2*1H/t21-,27-;;. The highest BCUT2D eigenvalue weighted by molar-refractivity contribution is 6.30. The summed E-state index contributed by atoms with van der Waals surface area (Å²) in [5.74, 6) is -0.609. The van der Waals surface area contributed by atoms with Crippen LogP contribution in [-0.2, 0) is 11.8 Å². The molecule has 1 amide bonds. The van der Waals surface area contributed by atoms with Crippen LogP contribution in [0.15, 0.2) is 54.7 Å². The quantitative estimate of drug-likeness (QED) is 0.443. The van der Waals surface area contributed by atoms with E-state index in [1.54, 1.807) is 24.4 Å². The third kappa shape index (κ3) is 5.60. The monoisotopic (exact) mass is 562 g/mol. The third-order valence-corrected chi connectivity index (χ3v) is 7.73. The van der Waals surface area contributed by atoms with Gasteiger partial charge >= 0.3 is 5.97 Å². The molecule has 2 aliphatic rings. The Hall–Kier alpha value is -2.71. The van der Waals surface area contributed by atoms with Gasteiger partial charge < -0.3 is 15.7 Å². The third-order valence-electron chi connectivity index (χ3n) is 7.50. The number of amides is 1. The van der Waals surface area contributed by atoms with Crippen LogP contribution in [-0.4, -0.2) is 51.0 Å². The van der Waals surface area contributed by atoms with Crippen LogP contribution in [0.2, 0.25) is 5.02 Å². The predicted octanol–water partition coefficient (Wildman–Crippen LogP) is 5.18. The van der Waals surface area contributed by atoms with Crippen LogP contribution in [0.3, 0.4) is 0 Å². The number of nitrogens with two attached hydrogens (primary N) is 1. The summed E-state index contributed by atoms with van der Waals surface area (Å²) >= 11 is 6.24. The van der Waals surface area contributed by atoms with Gasteiger partial charge in [-0.2, -0.15) is 0 Å². The number of rotatable bonds is 5. The number of fused-ring (bicyclic) bond motifs is 1. The van der Waals surface area contributed by atoms with E-state index in [0.717, 1.165) is 25.7 Å². The van der Waals surface area contributed by atoms with Crippen LogP contribution in [0.25, 0.3) is 11.4 Å². The van der Waals surface area contributed by atoms with E-state index in [9.17, 15) is 14.7 Å². The van der Waals surface area contributed by atoms with E-state index in [4.69, 9.17) is 17.3 Å². The van der Waals surface area contributed by atoms with Crippen molar-refractivity contribution in [3.63, 3.8) is 0 Å². The van der Waals surface area contributed by atoms with Crippen molar-refractivity contribution in [2.75, 3.05) is 13.1 Å². The van der Waals surface area contributed by atoms with Crippen molar-refractivity contribution in [2.24, 2.45) is 5.73 Å². The van der Waals surface area contributed by atoms with Gasteiger partial charge in [-0.25, -0.2) is 14.8 Å². The number of aromatic nitrogens is 2. The molecular formula is C27H29Cl3N4O3. The lowest BCUT2D eigenvalue weighted by molar-refractivity contribution is 0.0571. The average Bonchev–Trinajstić information content (AvgIpc) is 2.89. The Bertz CT molecular complexity index is 1300. The minimum atomic E-state index is -1.00. The van der Waals surface area contributed by atoms with Crippen LogP contribution < -0.4 is 5.73 Å². The maximum Gasteiger partial charge on any atom is 0.335 e. The van der Waals surface area contributed by atoms with Crippen molar-refractivity contribution in [3.8, 4) is 11.4 Å². The Morgan fingerprint density at radius 3 is 2.54 bits per heavy atom. The summed E-state index contributed by atoms with van der Waals surface area (Å²) < 4.78 is 0. The first kappa shape index (κ1) is 28.9. The fourth-order valence-electron chi connectivity index (χ4n) is 5.44. The zero-order valence-corrected chi connectivity index (χ0v) is 22.5. The maximum absolute atomic E-state index is 13.4. The number of carbonyl (C=O) groups is 2. The first-order valence-corrected chi connectivity index (χ1v) is 12.2. The minimum absolute atomic E-state index is 0. The van der Waals surface area contributed by atoms with Crippen molar-refractivity contribution in [2.45, 2.75) is 43.6 Å². The SMILES string of the molecule is Cl.Cl.NC[C@]1(c2cccc(Cl)c2)CC[C@H](N2CCc3nc(-c4cccc(C(=O)O)c4)ncc3C2=O)CC1. The second kappa shape index (κ2) is 11.8. The number of hydrogen-bond acceptors (Lipinski definition) is 5. The fourth-order valence-corrected chi connectivity index (χ4v) is 5.63. The molecule has 0 spiro atoms. The number of carboxylic acid groups (broad SMARTS) is 1. The lowest BCUT2D eigenvalue weighted by Gasteiger charge is -2.44. The van der Waals surface area contributed by atoms with Crippen LogP contribution in [0, 0.1) is 0 Å². The summed E-state index contributed by atoms with van der Waals surface area (Å²) in [6.07, 6.45) is 5.79. The highest BCUT2D eigenvalue weighted by Gasteiger charge is 2.40. The van der Waals surface area contributed by atoms with E-state index in [1.165, 1.54) is 11.6 Å². The Labute approximate surface area is 233 Å². The van der Waals surface area contributed by atoms with Gasteiger partial charge in [-0.3, -0.25) is 4.79 Å². The minimum Gasteiger partial charge on any atom is -0.478 e. The van der Waals surface area contributed by atoms with Gasteiger partial charge in [0.05, 0.1) is 16.8 Å². The van der Waals surface area contributed by atoms with E-state index < -0.39 is 5.97 Å². The zero-order valence-electron chi connectivity index (χ0n) is 20.1. The van der Waals surface area contributed by atoms with Gasteiger partial charge in [0, 0.05) is 47.8 Å². The predicted molar refractivity (Wildman–Crippen MR) is 148 cm³/mol. The fraction of sp³-hybridized carbons (Fsp3) is 0.333. The second-order valence-corrected chi connectivity index (χ2v) is 9.85. The molecule has 0 saturated heterocycles. The summed E-state index contributed by atoms with van der Waals surface area (Å²) in [4.78, 5) is 35.7.